The number of anilines is 1. The quantitative estimate of drug-likeness (QED) is 0.918. The molecular weight excluding hydrogens is 268 g/mol. The summed E-state index contributed by atoms with van der Waals surface area (Å²) in [5.41, 5.74) is 8.47. The van der Waals surface area contributed by atoms with Gasteiger partial charge in [0.25, 0.3) is 0 Å². The van der Waals surface area contributed by atoms with Crippen LogP contribution in [-0.2, 0) is 21.7 Å². The number of nitrogens with zero attached hydrogens (tertiary/aromatic N) is 1. The summed E-state index contributed by atoms with van der Waals surface area (Å²) in [6, 6.07) is 9.50. The van der Waals surface area contributed by atoms with Gasteiger partial charge in [-0.05, 0) is 18.6 Å². The van der Waals surface area contributed by atoms with E-state index in [-0.39, 0.29) is 0 Å². The zero-order valence-electron chi connectivity index (χ0n) is 11.5. The Morgan fingerprint density at radius 2 is 2.00 bits per heavy atom. The Morgan fingerprint density at radius 3 is 2.76 bits per heavy atom. The molecule has 1 fully saturated rings. The minimum Gasteiger partial charge on any atom is -0.439 e. The van der Waals surface area contributed by atoms with Crippen molar-refractivity contribution in [2.24, 2.45) is 0 Å². The number of nitrogens with two attached hydrogens (primary N) is 1. The lowest BCUT2D eigenvalue weighted by atomic mass is 10.1. The van der Waals surface area contributed by atoms with Crippen LogP contribution in [0.25, 0.3) is 0 Å². The molecule has 2 aliphatic rings. The van der Waals surface area contributed by atoms with E-state index in [1.807, 2.05) is 12.1 Å². The van der Waals surface area contributed by atoms with Crippen molar-refractivity contribution < 1.29 is 14.2 Å². The number of ether oxygens (including phenoxy) is 3. The van der Waals surface area contributed by atoms with Gasteiger partial charge in [-0.25, -0.2) is 4.98 Å². The molecule has 4 rings (SSSR count). The Labute approximate surface area is 122 Å². The van der Waals surface area contributed by atoms with Gasteiger partial charge >= 0.3 is 0 Å². The predicted octanol–water partition coefficient (Wildman–Crippen LogP) is 2.60. The van der Waals surface area contributed by atoms with Crippen LogP contribution < -0.4 is 10.5 Å². The molecular formula is C16H16N2O3. The topological polar surface area (TPSA) is 66.6 Å². The Morgan fingerprint density at radius 1 is 1.14 bits per heavy atom. The van der Waals surface area contributed by atoms with E-state index in [2.05, 4.69) is 11.1 Å². The molecule has 0 atom stereocenters. The molecule has 2 aromatic rings. The first-order valence-electron chi connectivity index (χ1n) is 7.06. The molecule has 2 N–H and O–H groups in total. The van der Waals surface area contributed by atoms with Crippen molar-refractivity contribution in [1.29, 1.82) is 0 Å². The second-order valence-electron chi connectivity index (χ2n) is 5.26. The second-order valence-corrected chi connectivity index (χ2v) is 5.26. The number of fused-ring (bicyclic) bond motifs is 2. The molecule has 0 amide bonds. The van der Waals surface area contributed by atoms with Gasteiger partial charge in [-0.1, -0.05) is 12.1 Å². The van der Waals surface area contributed by atoms with Crippen LogP contribution in [-0.4, -0.2) is 18.2 Å². The fraction of sp³-hybridized carbons (Fsp3) is 0.312. The molecule has 108 valence electrons. The summed E-state index contributed by atoms with van der Waals surface area (Å²) < 4.78 is 17.6. The molecule has 5 heteroatoms. The summed E-state index contributed by atoms with van der Waals surface area (Å²) >= 11 is 0. The van der Waals surface area contributed by atoms with Crippen LogP contribution in [0.3, 0.4) is 0 Å². The van der Waals surface area contributed by atoms with Crippen LogP contribution in [0.15, 0.2) is 36.5 Å². The number of pyridine rings is 1. The second kappa shape index (κ2) is 4.72. The minimum absolute atomic E-state index is 0.534. The summed E-state index contributed by atoms with van der Waals surface area (Å²) in [5.74, 6) is 0.774. The normalized spacial score (nSPS) is 18.9. The molecule has 1 aromatic heterocycles. The van der Waals surface area contributed by atoms with Crippen molar-refractivity contribution in [3.05, 3.63) is 47.7 Å². The highest BCUT2D eigenvalue weighted by Crippen LogP contribution is 2.46. The molecule has 2 heterocycles. The van der Waals surface area contributed by atoms with E-state index in [4.69, 9.17) is 19.9 Å². The molecule has 1 aliphatic carbocycles. The van der Waals surface area contributed by atoms with E-state index in [0.717, 1.165) is 29.7 Å². The van der Waals surface area contributed by atoms with E-state index >= 15 is 0 Å². The van der Waals surface area contributed by atoms with Gasteiger partial charge in [-0.15, -0.1) is 0 Å². The number of rotatable bonds is 2. The van der Waals surface area contributed by atoms with Crippen LogP contribution in [0.2, 0.25) is 0 Å². The van der Waals surface area contributed by atoms with E-state index in [1.54, 1.807) is 18.3 Å². The van der Waals surface area contributed by atoms with Gasteiger partial charge in [0, 0.05) is 23.6 Å². The van der Waals surface area contributed by atoms with E-state index < -0.39 is 5.79 Å². The lowest BCUT2D eigenvalue weighted by Gasteiger charge is -2.22. The third kappa shape index (κ3) is 2.05. The van der Waals surface area contributed by atoms with Crippen molar-refractivity contribution in [2.75, 3.05) is 18.9 Å². The molecule has 21 heavy (non-hydrogen) atoms. The van der Waals surface area contributed by atoms with Crippen molar-refractivity contribution in [3.8, 4) is 11.6 Å². The number of benzene rings is 1. The zero-order valence-corrected chi connectivity index (χ0v) is 11.5. The van der Waals surface area contributed by atoms with E-state index in [1.165, 1.54) is 0 Å². The third-order valence-electron chi connectivity index (χ3n) is 3.98. The third-order valence-corrected chi connectivity index (χ3v) is 3.98. The monoisotopic (exact) mass is 284 g/mol. The van der Waals surface area contributed by atoms with Gasteiger partial charge in [0.05, 0.1) is 25.1 Å². The maximum atomic E-state index is 5.90. The Bertz CT molecular complexity index is 664. The lowest BCUT2D eigenvalue weighted by Crippen LogP contribution is -2.23. The first kappa shape index (κ1) is 12.6. The Kier molecular flexibility index (Phi) is 2.83. The predicted molar refractivity (Wildman–Crippen MR) is 77.1 cm³/mol. The molecule has 1 spiro atoms. The smallest absolute Gasteiger partial charge is 0.219 e. The highest BCUT2D eigenvalue weighted by atomic mass is 16.7. The van der Waals surface area contributed by atoms with Gasteiger partial charge in [0.1, 0.15) is 5.75 Å². The fourth-order valence-corrected chi connectivity index (χ4v) is 3.02. The Hall–Kier alpha value is -2.11. The van der Waals surface area contributed by atoms with Crippen molar-refractivity contribution in [1.82, 2.24) is 4.98 Å². The Balaban J connectivity index is 1.68. The SMILES string of the molecule is Nc1ccc(Oc2cccc3c2CCC32OCCO2)nc1. The molecule has 0 radical (unpaired) electrons. The van der Waals surface area contributed by atoms with Crippen LogP contribution in [0.1, 0.15) is 17.5 Å². The summed E-state index contributed by atoms with van der Waals surface area (Å²) in [4.78, 5) is 4.18. The van der Waals surface area contributed by atoms with Crippen molar-refractivity contribution in [2.45, 2.75) is 18.6 Å². The number of nitrogen functional groups attached to an aromatic ring is 1. The van der Waals surface area contributed by atoms with Gasteiger partial charge in [-0.2, -0.15) is 0 Å². The molecule has 5 nitrogen and oxygen atoms in total. The average molecular weight is 284 g/mol. The van der Waals surface area contributed by atoms with Crippen LogP contribution >= 0.6 is 0 Å². The van der Waals surface area contributed by atoms with Crippen molar-refractivity contribution >= 4 is 5.69 Å². The van der Waals surface area contributed by atoms with Crippen LogP contribution in [0, 0.1) is 0 Å². The van der Waals surface area contributed by atoms with Gasteiger partial charge in [-0.3, -0.25) is 0 Å². The molecule has 1 saturated heterocycles. The van der Waals surface area contributed by atoms with Crippen LogP contribution in [0.5, 0.6) is 11.6 Å². The highest BCUT2D eigenvalue weighted by Gasteiger charge is 2.45. The first-order valence-corrected chi connectivity index (χ1v) is 7.06. The van der Waals surface area contributed by atoms with Gasteiger partial charge in [0.2, 0.25) is 5.88 Å². The summed E-state index contributed by atoms with van der Waals surface area (Å²) in [6.07, 6.45) is 3.29. The highest BCUT2D eigenvalue weighted by molar-refractivity contribution is 5.48. The molecule has 1 aliphatic heterocycles. The van der Waals surface area contributed by atoms with Crippen molar-refractivity contribution in [3.63, 3.8) is 0 Å². The summed E-state index contributed by atoms with van der Waals surface area (Å²) in [5, 5.41) is 0. The van der Waals surface area contributed by atoms with E-state index in [0.29, 0.717) is 24.8 Å². The standard InChI is InChI=1S/C16H16N2O3/c17-11-4-5-15(18-10-11)21-14-3-1-2-13-12(14)6-7-16(13)19-8-9-20-16/h1-5,10H,6-9,17H2. The lowest BCUT2D eigenvalue weighted by molar-refractivity contribution is -0.163. The zero-order chi connectivity index (χ0) is 14.3. The fourth-order valence-electron chi connectivity index (χ4n) is 3.02. The molecule has 0 unspecified atom stereocenters. The van der Waals surface area contributed by atoms with Gasteiger partial charge < -0.3 is 19.9 Å². The van der Waals surface area contributed by atoms with E-state index in [9.17, 15) is 0 Å². The number of hydrogen-bond acceptors (Lipinski definition) is 5. The average Bonchev–Trinajstić information content (AvgIpc) is 3.12. The number of hydrogen-bond donors (Lipinski definition) is 1. The molecule has 0 saturated carbocycles. The summed E-state index contributed by atoms with van der Waals surface area (Å²) in [6.45, 7) is 1.29. The first-order chi connectivity index (χ1) is 10.3. The molecule has 1 aromatic carbocycles. The van der Waals surface area contributed by atoms with Crippen LogP contribution in [0.4, 0.5) is 5.69 Å². The molecule has 0 bridgehead atoms. The van der Waals surface area contributed by atoms with Gasteiger partial charge in [0.15, 0.2) is 5.79 Å². The number of aromatic nitrogens is 1. The summed E-state index contributed by atoms with van der Waals surface area (Å²) in [7, 11) is 0. The maximum Gasteiger partial charge on any atom is 0.219 e. The maximum absolute atomic E-state index is 5.90. The largest absolute Gasteiger partial charge is 0.439 e. The minimum atomic E-state index is -0.566.